The van der Waals surface area contributed by atoms with Crippen LogP contribution in [0.15, 0.2) is 201 Å². The third-order valence-electron chi connectivity index (χ3n) is 8.29. The van der Waals surface area contributed by atoms with Crippen LogP contribution in [-0.2, 0) is 33.1 Å². The summed E-state index contributed by atoms with van der Waals surface area (Å²) in [5.74, 6) is 2.39. The third-order valence-corrected chi connectivity index (χ3v) is 11.0. The molecule has 0 bridgehead atoms. The van der Waals surface area contributed by atoms with Crippen LogP contribution in [0.3, 0.4) is 0 Å². The fourth-order valence-electron chi connectivity index (χ4n) is 5.58. The SMILES string of the molecule is O=S(=O)(Nc1nc(COc2ccccc2)oc1-c1ccccc1)c1ccccc1.O=S(=O)(Nc1nc(Cc2ccccc2)oc1-c1ccccc1)c1ccccc1. The Kier molecular flexibility index (Phi) is 11.9. The Labute approximate surface area is 330 Å². The quantitative estimate of drug-likeness (QED) is 0.116. The maximum absolute atomic E-state index is 12.8. The zero-order valence-corrected chi connectivity index (χ0v) is 31.9. The van der Waals surface area contributed by atoms with Gasteiger partial charge in [-0.05, 0) is 42.0 Å². The topological polar surface area (TPSA) is 154 Å². The lowest BCUT2D eigenvalue weighted by Gasteiger charge is -2.06. The molecule has 0 atom stereocenters. The van der Waals surface area contributed by atoms with Crippen LogP contribution >= 0.6 is 0 Å². The first-order chi connectivity index (χ1) is 27.7. The van der Waals surface area contributed by atoms with Gasteiger partial charge in [0.2, 0.25) is 11.8 Å². The third kappa shape index (κ3) is 10.0. The zero-order chi connectivity index (χ0) is 39.5. The summed E-state index contributed by atoms with van der Waals surface area (Å²) < 4.78 is 73.6. The van der Waals surface area contributed by atoms with Gasteiger partial charge in [0.25, 0.3) is 20.0 Å². The average molecular weight is 797 g/mol. The second-order valence-corrected chi connectivity index (χ2v) is 15.8. The van der Waals surface area contributed by atoms with Gasteiger partial charge in [0, 0.05) is 17.5 Å². The van der Waals surface area contributed by atoms with Crippen molar-refractivity contribution < 1.29 is 30.4 Å². The van der Waals surface area contributed by atoms with Crippen LogP contribution in [0.25, 0.3) is 22.6 Å². The number of hydrogen-bond acceptors (Lipinski definition) is 9. The maximum Gasteiger partial charge on any atom is 0.263 e. The summed E-state index contributed by atoms with van der Waals surface area (Å²) in [6, 6.07) is 53.8. The summed E-state index contributed by atoms with van der Waals surface area (Å²) in [6.45, 7) is 0.0664. The van der Waals surface area contributed by atoms with Gasteiger partial charge >= 0.3 is 0 Å². The standard InChI is InChI=1S/C22H18N2O4S.C22H18N2O3S/c25-29(26,19-14-8-3-9-15-19)24-22-21(17-10-4-1-5-11-17)28-20(23-22)16-27-18-12-6-2-7-13-18;25-28(26,19-14-8-3-9-15-19)24-22-21(18-12-6-2-7-13-18)27-20(23-22)16-17-10-4-1-5-11-17/h1-15,24H,16H2;1-15,24H,16H2. The molecule has 0 unspecified atom stereocenters. The van der Waals surface area contributed by atoms with Crippen molar-refractivity contribution in [1.29, 1.82) is 0 Å². The molecule has 0 aliphatic rings. The summed E-state index contributed by atoms with van der Waals surface area (Å²) in [6.07, 6.45) is 0.466. The van der Waals surface area contributed by atoms with Crippen LogP contribution in [-0.4, -0.2) is 26.8 Å². The van der Waals surface area contributed by atoms with Crippen molar-refractivity contribution in [3.8, 4) is 28.4 Å². The van der Waals surface area contributed by atoms with E-state index in [1.807, 2.05) is 121 Å². The molecule has 0 amide bonds. The van der Waals surface area contributed by atoms with E-state index < -0.39 is 20.0 Å². The van der Waals surface area contributed by atoms with Gasteiger partial charge in [-0.1, -0.05) is 146 Å². The van der Waals surface area contributed by atoms with Crippen LogP contribution in [0.4, 0.5) is 11.6 Å². The average Bonchev–Trinajstić information content (AvgIpc) is 3.84. The Hall–Kier alpha value is -6.96. The molecule has 286 valence electrons. The predicted molar refractivity (Wildman–Crippen MR) is 218 cm³/mol. The van der Waals surface area contributed by atoms with E-state index in [2.05, 4.69) is 19.4 Å². The van der Waals surface area contributed by atoms with Gasteiger partial charge in [0.15, 0.2) is 29.8 Å². The molecule has 6 aromatic carbocycles. The summed E-state index contributed by atoms with van der Waals surface area (Å²) in [7, 11) is -7.59. The van der Waals surface area contributed by atoms with Gasteiger partial charge in [-0.2, -0.15) is 9.97 Å². The molecule has 8 aromatic rings. The smallest absolute Gasteiger partial charge is 0.263 e. The van der Waals surface area contributed by atoms with Crippen molar-refractivity contribution in [2.24, 2.45) is 0 Å². The van der Waals surface area contributed by atoms with E-state index >= 15 is 0 Å². The molecule has 2 heterocycles. The van der Waals surface area contributed by atoms with Gasteiger partial charge in [-0.15, -0.1) is 0 Å². The lowest BCUT2D eigenvalue weighted by Crippen LogP contribution is -2.13. The van der Waals surface area contributed by atoms with Crippen LogP contribution in [0.1, 0.15) is 17.3 Å². The van der Waals surface area contributed by atoms with Crippen LogP contribution in [0.5, 0.6) is 5.75 Å². The minimum absolute atomic E-state index is 0.0664. The van der Waals surface area contributed by atoms with Gasteiger partial charge < -0.3 is 13.6 Å². The van der Waals surface area contributed by atoms with Crippen molar-refractivity contribution in [2.75, 3.05) is 9.44 Å². The minimum Gasteiger partial charge on any atom is -0.484 e. The molecule has 0 saturated carbocycles. The normalized spacial score (nSPS) is 11.2. The second kappa shape index (κ2) is 17.7. The lowest BCUT2D eigenvalue weighted by molar-refractivity contribution is 0.264. The van der Waals surface area contributed by atoms with Gasteiger partial charge in [0.05, 0.1) is 9.79 Å². The lowest BCUT2D eigenvalue weighted by atomic mass is 10.1. The van der Waals surface area contributed by atoms with Crippen molar-refractivity contribution in [3.05, 3.63) is 199 Å². The fraction of sp³-hybridized carbons (Fsp3) is 0.0455. The number of ether oxygens (including phenoxy) is 1. The fourth-order valence-corrected chi connectivity index (χ4v) is 7.63. The number of sulfonamides is 2. The predicted octanol–water partition coefficient (Wildman–Crippen LogP) is 9.45. The Morgan fingerprint density at radius 2 is 0.825 bits per heavy atom. The number of anilines is 2. The van der Waals surface area contributed by atoms with E-state index in [0.717, 1.165) is 11.1 Å². The molecule has 8 rings (SSSR count). The Balaban J connectivity index is 0.000000174. The Bertz CT molecular complexity index is 2720. The van der Waals surface area contributed by atoms with E-state index in [9.17, 15) is 16.8 Å². The number of nitrogens with zero attached hydrogens (tertiary/aromatic N) is 2. The second-order valence-electron chi connectivity index (χ2n) is 12.4. The first kappa shape index (κ1) is 38.3. The first-order valence-corrected chi connectivity index (χ1v) is 20.7. The highest BCUT2D eigenvalue weighted by Gasteiger charge is 2.23. The van der Waals surface area contributed by atoms with Crippen molar-refractivity contribution in [1.82, 2.24) is 9.97 Å². The van der Waals surface area contributed by atoms with Gasteiger partial charge in [0.1, 0.15) is 5.75 Å². The molecule has 0 fully saturated rings. The molecule has 13 heteroatoms. The minimum atomic E-state index is -3.81. The number of benzene rings is 6. The van der Waals surface area contributed by atoms with E-state index in [1.165, 1.54) is 24.3 Å². The molecule has 2 N–H and O–H groups in total. The number of oxazole rings is 2. The molecule has 11 nitrogen and oxygen atoms in total. The Morgan fingerprint density at radius 3 is 1.28 bits per heavy atom. The molecular formula is C44H36N4O7S2. The van der Waals surface area contributed by atoms with E-state index in [0.29, 0.717) is 35.1 Å². The largest absolute Gasteiger partial charge is 0.484 e. The molecule has 57 heavy (non-hydrogen) atoms. The summed E-state index contributed by atoms with van der Waals surface area (Å²) in [5.41, 5.74) is 2.48. The maximum atomic E-state index is 12.8. The number of aromatic nitrogens is 2. The summed E-state index contributed by atoms with van der Waals surface area (Å²) >= 11 is 0. The van der Waals surface area contributed by atoms with E-state index in [4.69, 9.17) is 13.6 Å². The molecule has 0 spiro atoms. The molecule has 0 saturated heterocycles. The number of rotatable bonds is 13. The van der Waals surface area contributed by atoms with Crippen LogP contribution < -0.4 is 14.2 Å². The highest BCUT2D eigenvalue weighted by molar-refractivity contribution is 7.93. The Morgan fingerprint density at radius 1 is 0.456 bits per heavy atom. The van der Waals surface area contributed by atoms with Crippen LogP contribution in [0, 0.1) is 0 Å². The molecule has 0 aliphatic carbocycles. The number of nitrogens with one attached hydrogen (secondary N) is 2. The van der Waals surface area contributed by atoms with E-state index in [1.54, 1.807) is 36.4 Å². The van der Waals surface area contributed by atoms with Crippen molar-refractivity contribution in [2.45, 2.75) is 22.8 Å². The van der Waals surface area contributed by atoms with Crippen molar-refractivity contribution >= 4 is 31.7 Å². The van der Waals surface area contributed by atoms with Crippen LogP contribution in [0.2, 0.25) is 0 Å². The summed E-state index contributed by atoms with van der Waals surface area (Å²) in [4.78, 5) is 9.08. The highest BCUT2D eigenvalue weighted by atomic mass is 32.2. The monoisotopic (exact) mass is 796 g/mol. The number of para-hydroxylation sites is 1. The van der Waals surface area contributed by atoms with Gasteiger partial charge in [-0.25, -0.2) is 16.8 Å². The zero-order valence-electron chi connectivity index (χ0n) is 30.3. The summed E-state index contributed by atoms with van der Waals surface area (Å²) in [5, 5.41) is 0. The molecule has 0 radical (unpaired) electrons. The molecular weight excluding hydrogens is 761 g/mol. The van der Waals surface area contributed by atoms with Gasteiger partial charge in [-0.3, -0.25) is 9.44 Å². The molecule has 0 aliphatic heterocycles. The molecule has 2 aromatic heterocycles. The highest BCUT2D eigenvalue weighted by Crippen LogP contribution is 2.32. The van der Waals surface area contributed by atoms with E-state index in [-0.39, 0.29) is 33.9 Å². The first-order valence-electron chi connectivity index (χ1n) is 17.7. The number of hydrogen-bond donors (Lipinski definition) is 2. The van der Waals surface area contributed by atoms with Crippen molar-refractivity contribution in [3.63, 3.8) is 0 Å².